The van der Waals surface area contributed by atoms with Crippen LogP contribution in [0.1, 0.15) is 44.6 Å². The van der Waals surface area contributed by atoms with Crippen molar-refractivity contribution >= 4 is 12.1 Å². The van der Waals surface area contributed by atoms with Crippen molar-refractivity contribution in [2.45, 2.75) is 44.4 Å². The molecule has 1 fully saturated rings. The maximum atomic E-state index is 12.9. The van der Waals surface area contributed by atoms with Gasteiger partial charge in [-0.1, -0.05) is 18.6 Å². The third-order valence-corrected chi connectivity index (χ3v) is 4.45. The highest BCUT2D eigenvalue weighted by atomic mass is 16.5. The summed E-state index contributed by atoms with van der Waals surface area (Å²) < 4.78 is 5.53. The van der Waals surface area contributed by atoms with E-state index in [0.717, 1.165) is 24.0 Å². The molecule has 0 heterocycles. The van der Waals surface area contributed by atoms with E-state index < -0.39 is 11.3 Å². The van der Waals surface area contributed by atoms with Gasteiger partial charge in [-0.2, -0.15) is 5.26 Å². The van der Waals surface area contributed by atoms with Crippen molar-refractivity contribution in [3.05, 3.63) is 29.8 Å². The van der Waals surface area contributed by atoms with Gasteiger partial charge in [0.15, 0.2) is 5.78 Å². The van der Waals surface area contributed by atoms with E-state index in [0.29, 0.717) is 32.3 Å². The molecule has 1 aliphatic carbocycles. The highest BCUT2D eigenvalue weighted by Gasteiger charge is 2.45. The minimum absolute atomic E-state index is 0.0438. The summed E-state index contributed by atoms with van der Waals surface area (Å²) in [4.78, 5) is 24.1. The van der Waals surface area contributed by atoms with E-state index in [1.807, 2.05) is 31.2 Å². The number of Topliss-reactive ketones (excluding diaryl/α,β-unsaturated/α-hetero) is 1. The Bertz CT molecular complexity index is 590. The molecule has 4 nitrogen and oxygen atoms in total. The Labute approximate surface area is 131 Å². The van der Waals surface area contributed by atoms with E-state index in [4.69, 9.17) is 10.00 Å². The lowest BCUT2D eigenvalue weighted by Crippen LogP contribution is -2.44. The van der Waals surface area contributed by atoms with E-state index in [9.17, 15) is 9.59 Å². The molecule has 0 radical (unpaired) electrons. The molecule has 1 aliphatic rings. The zero-order chi connectivity index (χ0) is 16.0. The molecule has 1 aromatic rings. The lowest BCUT2D eigenvalue weighted by Gasteiger charge is -2.38. The van der Waals surface area contributed by atoms with E-state index in [1.165, 1.54) is 0 Å². The first-order valence-electron chi connectivity index (χ1n) is 7.78. The van der Waals surface area contributed by atoms with Crippen LogP contribution < -0.4 is 4.74 Å². The van der Waals surface area contributed by atoms with Crippen LogP contribution in [0.4, 0.5) is 0 Å². The minimum atomic E-state index is -0.729. The number of aldehydes is 1. The van der Waals surface area contributed by atoms with Gasteiger partial charge in [-0.25, -0.2) is 0 Å². The molecule has 0 bridgehead atoms. The van der Waals surface area contributed by atoms with Gasteiger partial charge in [0.1, 0.15) is 12.0 Å². The maximum absolute atomic E-state index is 12.9. The first-order chi connectivity index (χ1) is 10.7. The second kappa shape index (κ2) is 7.22. The number of ether oxygens (including phenoxy) is 1. The number of hydrogen-bond donors (Lipinski definition) is 0. The highest BCUT2D eigenvalue weighted by molar-refractivity contribution is 6.01. The first kappa shape index (κ1) is 16.2. The number of nitriles is 1. The Morgan fingerprint density at radius 1 is 1.50 bits per heavy atom. The number of carbonyl (C=O) groups excluding carboxylic acids is 2. The largest absolute Gasteiger partial charge is 0.494 e. The van der Waals surface area contributed by atoms with Gasteiger partial charge < -0.3 is 9.53 Å². The van der Waals surface area contributed by atoms with Crippen molar-refractivity contribution in [1.82, 2.24) is 0 Å². The number of hydrogen-bond acceptors (Lipinski definition) is 4. The van der Waals surface area contributed by atoms with Gasteiger partial charge in [-0.05, 0) is 43.9 Å². The molecule has 1 saturated carbocycles. The van der Waals surface area contributed by atoms with Gasteiger partial charge in [-0.15, -0.1) is 0 Å². The third-order valence-electron chi connectivity index (χ3n) is 4.45. The lowest BCUT2D eigenvalue weighted by atomic mass is 9.63. The smallest absolute Gasteiger partial charge is 0.153 e. The quantitative estimate of drug-likeness (QED) is 0.597. The Morgan fingerprint density at radius 2 is 2.32 bits per heavy atom. The van der Waals surface area contributed by atoms with Crippen LogP contribution in [-0.4, -0.2) is 18.7 Å². The molecule has 0 saturated heterocycles. The molecule has 0 aliphatic heterocycles. The average Bonchev–Trinajstić information content (AvgIpc) is 2.55. The van der Waals surface area contributed by atoms with Crippen molar-refractivity contribution < 1.29 is 14.3 Å². The molecule has 0 amide bonds. The summed E-state index contributed by atoms with van der Waals surface area (Å²) in [6, 6.07) is 9.64. The van der Waals surface area contributed by atoms with Crippen LogP contribution in [0, 0.1) is 17.2 Å². The molecule has 1 aromatic carbocycles. The van der Waals surface area contributed by atoms with Gasteiger partial charge in [0.25, 0.3) is 0 Å². The van der Waals surface area contributed by atoms with Crippen molar-refractivity contribution in [3.8, 4) is 11.8 Å². The molecule has 0 aromatic heterocycles. The van der Waals surface area contributed by atoms with Gasteiger partial charge >= 0.3 is 0 Å². The number of carbonyl (C=O) groups is 2. The van der Waals surface area contributed by atoms with Crippen LogP contribution in [0.3, 0.4) is 0 Å². The van der Waals surface area contributed by atoms with E-state index >= 15 is 0 Å². The Hall–Kier alpha value is -2.15. The van der Waals surface area contributed by atoms with E-state index in [1.54, 1.807) is 0 Å². The molecule has 4 heteroatoms. The fourth-order valence-corrected chi connectivity index (χ4v) is 3.36. The maximum Gasteiger partial charge on any atom is 0.153 e. The van der Waals surface area contributed by atoms with Crippen LogP contribution in [0.25, 0.3) is 0 Å². The number of rotatable bonds is 6. The van der Waals surface area contributed by atoms with Crippen LogP contribution in [0.2, 0.25) is 0 Å². The standard InChI is InChI=1S/C18H21NO3/c1-2-22-16-8-3-7-15(12-16)18(10-5-11-19)9-4-6-14(13-20)17(18)21/h3,7-8,12-14H,2,4-6,9-10H2,1H3. The van der Waals surface area contributed by atoms with Crippen LogP contribution in [0.5, 0.6) is 5.75 Å². The summed E-state index contributed by atoms with van der Waals surface area (Å²) in [5.41, 5.74) is 0.136. The van der Waals surface area contributed by atoms with Gasteiger partial charge in [0, 0.05) is 6.42 Å². The number of benzene rings is 1. The summed E-state index contributed by atoms with van der Waals surface area (Å²) in [6.45, 7) is 2.46. The second-order valence-corrected chi connectivity index (χ2v) is 5.70. The van der Waals surface area contributed by atoms with Gasteiger partial charge in [0.05, 0.1) is 24.0 Å². The molecule has 0 spiro atoms. The molecule has 0 N–H and O–H groups in total. The fourth-order valence-electron chi connectivity index (χ4n) is 3.36. The van der Waals surface area contributed by atoms with E-state index in [-0.39, 0.29) is 5.78 Å². The van der Waals surface area contributed by atoms with Crippen molar-refractivity contribution in [2.24, 2.45) is 5.92 Å². The molecule has 2 rings (SSSR count). The predicted molar refractivity (Wildman–Crippen MR) is 82.5 cm³/mol. The Morgan fingerprint density at radius 3 is 3.00 bits per heavy atom. The summed E-state index contributed by atoms with van der Waals surface area (Å²) >= 11 is 0. The summed E-state index contributed by atoms with van der Waals surface area (Å²) in [6.07, 6.45) is 3.64. The summed E-state index contributed by atoms with van der Waals surface area (Å²) in [7, 11) is 0. The predicted octanol–water partition coefficient (Wildman–Crippen LogP) is 3.19. The molecule has 22 heavy (non-hydrogen) atoms. The lowest BCUT2D eigenvalue weighted by molar-refractivity contribution is -0.134. The fraction of sp³-hybridized carbons (Fsp3) is 0.500. The molecular formula is C18H21NO3. The van der Waals surface area contributed by atoms with Crippen LogP contribution in [0.15, 0.2) is 24.3 Å². The normalized spacial score (nSPS) is 24.5. The second-order valence-electron chi connectivity index (χ2n) is 5.70. The molecule has 116 valence electrons. The monoisotopic (exact) mass is 299 g/mol. The number of ketones is 1. The van der Waals surface area contributed by atoms with Crippen LogP contribution in [-0.2, 0) is 15.0 Å². The Kier molecular flexibility index (Phi) is 5.32. The zero-order valence-corrected chi connectivity index (χ0v) is 12.9. The molecule has 2 atom stereocenters. The van der Waals surface area contributed by atoms with Crippen LogP contribution >= 0.6 is 0 Å². The first-order valence-corrected chi connectivity index (χ1v) is 7.78. The topological polar surface area (TPSA) is 67.2 Å². The molecule has 2 unspecified atom stereocenters. The van der Waals surface area contributed by atoms with Crippen molar-refractivity contribution in [2.75, 3.05) is 6.61 Å². The third kappa shape index (κ3) is 3.04. The SMILES string of the molecule is CCOc1cccc(C2(CCC#N)CCCC(C=O)C2=O)c1. The summed E-state index contributed by atoms with van der Waals surface area (Å²) in [5.74, 6) is 0.123. The zero-order valence-electron chi connectivity index (χ0n) is 12.9. The highest BCUT2D eigenvalue weighted by Crippen LogP contribution is 2.43. The van der Waals surface area contributed by atoms with Crippen molar-refractivity contribution in [3.63, 3.8) is 0 Å². The summed E-state index contributed by atoms with van der Waals surface area (Å²) in [5, 5.41) is 8.95. The van der Waals surface area contributed by atoms with Gasteiger partial charge in [-0.3, -0.25) is 4.79 Å². The van der Waals surface area contributed by atoms with Gasteiger partial charge in [0.2, 0.25) is 0 Å². The number of nitrogens with zero attached hydrogens (tertiary/aromatic N) is 1. The molecular weight excluding hydrogens is 278 g/mol. The average molecular weight is 299 g/mol. The van der Waals surface area contributed by atoms with E-state index in [2.05, 4.69) is 6.07 Å². The Balaban J connectivity index is 2.44. The van der Waals surface area contributed by atoms with Crippen molar-refractivity contribution in [1.29, 1.82) is 5.26 Å². The minimum Gasteiger partial charge on any atom is -0.494 e.